The molecule has 102 valence electrons. The van der Waals surface area contributed by atoms with Crippen LogP contribution in [-0.4, -0.2) is 35.8 Å². The van der Waals surface area contributed by atoms with Gasteiger partial charge in [0.15, 0.2) is 5.84 Å². The molecule has 1 rings (SSSR count). The standard InChI is InChI=1S/C8H16N6O3S/c1-3-4-11-18(16,17)13-8-6(7(9)12-15)5-10-14(8)2/h5,11,13,15H,3-4H2,1-2H3,(H2,9,12). The van der Waals surface area contributed by atoms with Crippen LogP contribution in [0.3, 0.4) is 0 Å². The molecule has 0 aromatic carbocycles. The maximum atomic E-state index is 11.7. The fraction of sp³-hybridized carbons (Fsp3) is 0.500. The molecule has 0 spiro atoms. The summed E-state index contributed by atoms with van der Waals surface area (Å²) in [7, 11) is -2.17. The van der Waals surface area contributed by atoms with E-state index in [0.29, 0.717) is 13.0 Å². The van der Waals surface area contributed by atoms with E-state index in [-0.39, 0.29) is 17.2 Å². The van der Waals surface area contributed by atoms with Crippen LogP contribution in [0.5, 0.6) is 0 Å². The molecule has 0 saturated carbocycles. The van der Waals surface area contributed by atoms with Crippen molar-refractivity contribution in [3.63, 3.8) is 0 Å². The Kier molecular flexibility index (Phi) is 4.50. The van der Waals surface area contributed by atoms with Crippen LogP contribution in [0.25, 0.3) is 0 Å². The molecule has 1 heterocycles. The van der Waals surface area contributed by atoms with Crippen molar-refractivity contribution in [2.24, 2.45) is 17.9 Å². The predicted octanol–water partition coefficient (Wildman–Crippen LogP) is -0.829. The van der Waals surface area contributed by atoms with E-state index in [9.17, 15) is 8.42 Å². The predicted molar refractivity (Wildman–Crippen MR) is 66.6 cm³/mol. The number of aryl methyl sites for hydroxylation is 1. The van der Waals surface area contributed by atoms with E-state index < -0.39 is 10.2 Å². The summed E-state index contributed by atoms with van der Waals surface area (Å²) < 4.78 is 29.2. The van der Waals surface area contributed by atoms with E-state index in [4.69, 9.17) is 10.9 Å². The number of rotatable bonds is 6. The Morgan fingerprint density at radius 2 is 2.33 bits per heavy atom. The molecule has 1 aromatic rings. The largest absolute Gasteiger partial charge is 0.409 e. The number of oxime groups is 1. The highest BCUT2D eigenvalue weighted by atomic mass is 32.2. The molecule has 10 heteroatoms. The smallest absolute Gasteiger partial charge is 0.300 e. The van der Waals surface area contributed by atoms with Crippen LogP contribution in [-0.2, 0) is 17.3 Å². The van der Waals surface area contributed by atoms with Gasteiger partial charge in [0, 0.05) is 13.6 Å². The second-order valence-electron chi connectivity index (χ2n) is 3.52. The highest BCUT2D eigenvalue weighted by Crippen LogP contribution is 2.14. The van der Waals surface area contributed by atoms with E-state index in [1.807, 2.05) is 6.92 Å². The summed E-state index contributed by atoms with van der Waals surface area (Å²) in [5.74, 6) is -0.106. The SMILES string of the molecule is CCCNS(=O)(=O)Nc1c(C(N)=NO)cnn1C. The molecule has 0 aliphatic carbocycles. The summed E-state index contributed by atoms with van der Waals surface area (Å²) in [5, 5.41) is 15.2. The number of nitrogens with zero attached hydrogens (tertiary/aromatic N) is 3. The normalized spacial score (nSPS) is 12.7. The van der Waals surface area contributed by atoms with Crippen molar-refractivity contribution >= 4 is 21.9 Å². The minimum Gasteiger partial charge on any atom is -0.409 e. The van der Waals surface area contributed by atoms with E-state index in [1.54, 1.807) is 0 Å². The Morgan fingerprint density at radius 1 is 1.67 bits per heavy atom. The van der Waals surface area contributed by atoms with Crippen LogP contribution in [0.1, 0.15) is 18.9 Å². The average Bonchev–Trinajstić information content (AvgIpc) is 2.67. The highest BCUT2D eigenvalue weighted by molar-refractivity contribution is 7.90. The van der Waals surface area contributed by atoms with Gasteiger partial charge in [-0.3, -0.25) is 9.40 Å². The van der Waals surface area contributed by atoms with Gasteiger partial charge in [-0.05, 0) is 6.42 Å². The van der Waals surface area contributed by atoms with Crippen LogP contribution in [0, 0.1) is 0 Å². The van der Waals surface area contributed by atoms with E-state index in [0.717, 1.165) is 0 Å². The quantitative estimate of drug-likeness (QED) is 0.233. The van der Waals surface area contributed by atoms with Crippen LogP contribution in [0.15, 0.2) is 11.4 Å². The van der Waals surface area contributed by atoms with Gasteiger partial charge < -0.3 is 10.9 Å². The Labute approximate surface area is 105 Å². The maximum absolute atomic E-state index is 11.7. The lowest BCUT2D eigenvalue weighted by molar-refractivity contribution is 0.318. The van der Waals surface area contributed by atoms with Gasteiger partial charge in [-0.25, -0.2) is 0 Å². The summed E-state index contributed by atoms with van der Waals surface area (Å²) in [5.41, 5.74) is 5.62. The molecule has 0 aliphatic rings. The van der Waals surface area contributed by atoms with Gasteiger partial charge in [-0.15, -0.1) is 0 Å². The van der Waals surface area contributed by atoms with E-state index >= 15 is 0 Å². The van der Waals surface area contributed by atoms with Crippen molar-refractivity contribution < 1.29 is 13.6 Å². The van der Waals surface area contributed by atoms with Crippen LogP contribution in [0.2, 0.25) is 0 Å². The first-order valence-corrected chi connectivity index (χ1v) is 6.67. The Bertz CT molecular complexity index is 535. The number of aromatic nitrogens is 2. The van der Waals surface area contributed by atoms with Crippen LogP contribution < -0.4 is 15.2 Å². The Hall–Kier alpha value is -1.81. The first-order chi connectivity index (χ1) is 8.41. The molecule has 9 nitrogen and oxygen atoms in total. The molecule has 0 bridgehead atoms. The number of hydrogen-bond acceptors (Lipinski definition) is 5. The number of anilines is 1. The molecule has 0 amide bonds. The van der Waals surface area contributed by atoms with Gasteiger partial charge in [-0.2, -0.15) is 18.2 Å². The van der Waals surface area contributed by atoms with Gasteiger partial charge in [0.05, 0.1) is 11.8 Å². The molecule has 0 saturated heterocycles. The molecule has 0 atom stereocenters. The summed E-state index contributed by atoms with van der Waals surface area (Å²) in [6.07, 6.45) is 1.96. The molecule has 0 aliphatic heterocycles. The fourth-order valence-electron chi connectivity index (χ4n) is 1.20. The molecule has 1 aromatic heterocycles. The first kappa shape index (κ1) is 14.3. The maximum Gasteiger partial charge on any atom is 0.300 e. The average molecular weight is 276 g/mol. The Balaban J connectivity index is 3.01. The minimum atomic E-state index is -3.71. The molecular weight excluding hydrogens is 260 g/mol. The topological polar surface area (TPSA) is 135 Å². The first-order valence-electron chi connectivity index (χ1n) is 5.18. The van der Waals surface area contributed by atoms with E-state index in [1.165, 1.54) is 17.9 Å². The number of hydrogen-bond donors (Lipinski definition) is 4. The zero-order chi connectivity index (χ0) is 13.8. The molecular formula is C8H16N6O3S. The summed E-state index contributed by atoms with van der Waals surface area (Å²) in [4.78, 5) is 0. The van der Waals surface area contributed by atoms with Crippen molar-refractivity contribution in [3.05, 3.63) is 11.8 Å². The van der Waals surface area contributed by atoms with Crippen LogP contribution in [0.4, 0.5) is 5.82 Å². The summed E-state index contributed by atoms with van der Waals surface area (Å²) >= 11 is 0. The van der Waals surface area contributed by atoms with E-state index in [2.05, 4.69) is 19.7 Å². The third-order valence-electron chi connectivity index (χ3n) is 2.10. The third-order valence-corrected chi connectivity index (χ3v) is 3.14. The van der Waals surface area contributed by atoms with Gasteiger partial charge in [0.1, 0.15) is 5.82 Å². The molecule has 5 N–H and O–H groups in total. The zero-order valence-corrected chi connectivity index (χ0v) is 10.9. The summed E-state index contributed by atoms with van der Waals surface area (Å²) in [6, 6.07) is 0. The molecule has 0 radical (unpaired) electrons. The number of nitrogens with one attached hydrogen (secondary N) is 2. The number of nitrogens with two attached hydrogens (primary N) is 1. The highest BCUT2D eigenvalue weighted by Gasteiger charge is 2.18. The Morgan fingerprint density at radius 3 is 2.89 bits per heavy atom. The second-order valence-corrected chi connectivity index (χ2v) is 5.02. The minimum absolute atomic E-state index is 0.119. The van der Waals surface area contributed by atoms with Gasteiger partial charge in [0.2, 0.25) is 0 Å². The lowest BCUT2D eigenvalue weighted by atomic mass is 10.3. The molecule has 0 unspecified atom stereocenters. The van der Waals surface area contributed by atoms with Crippen molar-refractivity contribution in [3.8, 4) is 0 Å². The zero-order valence-electron chi connectivity index (χ0n) is 10.1. The van der Waals surface area contributed by atoms with Crippen LogP contribution >= 0.6 is 0 Å². The van der Waals surface area contributed by atoms with Gasteiger partial charge >= 0.3 is 0 Å². The fourth-order valence-corrected chi connectivity index (χ4v) is 2.24. The van der Waals surface area contributed by atoms with Crippen molar-refractivity contribution in [2.75, 3.05) is 11.3 Å². The second kappa shape index (κ2) is 5.69. The molecule has 0 fully saturated rings. The monoisotopic (exact) mass is 276 g/mol. The third kappa shape index (κ3) is 3.34. The number of amidine groups is 1. The molecule has 18 heavy (non-hydrogen) atoms. The lowest BCUT2D eigenvalue weighted by Crippen LogP contribution is -2.32. The van der Waals surface area contributed by atoms with Crippen molar-refractivity contribution in [2.45, 2.75) is 13.3 Å². The van der Waals surface area contributed by atoms with Gasteiger partial charge in [-0.1, -0.05) is 12.1 Å². The van der Waals surface area contributed by atoms with Crippen molar-refractivity contribution in [1.82, 2.24) is 14.5 Å². The summed E-state index contributed by atoms with van der Waals surface area (Å²) in [6.45, 7) is 2.15. The van der Waals surface area contributed by atoms with Gasteiger partial charge in [0.25, 0.3) is 10.2 Å². The van der Waals surface area contributed by atoms with Crippen molar-refractivity contribution in [1.29, 1.82) is 0 Å². The lowest BCUT2D eigenvalue weighted by Gasteiger charge is -2.10.